The number of amides is 2. The quantitative estimate of drug-likeness (QED) is 0.374. The van der Waals surface area contributed by atoms with Gasteiger partial charge in [0.2, 0.25) is 0 Å². The number of anilines is 1. The van der Waals surface area contributed by atoms with Crippen LogP contribution in [0.1, 0.15) is 46.3 Å². The number of pyridine rings is 1. The highest BCUT2D eigenvalue weighted by molar-refractivity contribution is 6.04. The number of nitrogens with one attached hydrogen (secondary N) is 1. The molecule has 2 aliphatic rings. The molecule has 0 radical (unpaired) electrons. The molecule has 2 aliphatic heterocycles. The highest BCUT2D eigenvalue weighted by Crippen LogP contribution is 2.38. The molecule has 2 aromatic carbocycles. The predicted molar refractivity (Wildman–Crippen MR) is 139 cm³/mol. The normalized spacial score (nSPS) is 19.3. The van der Waals surface area contributed by atoms with E-state index in [9.17, 15) is 18.4 Å². The van der Waals surface area contributed by atoms with Crippen molar-refractivity contribution < 1.29 is 45.8 Å². The maximum absolute atomic E-state index is 15.2. The molecule has 2 fully saturated rings. The predicted octanol–water partition coefficient (Wildman–Crippen LogP) is 4.93. The van der Waals surface area contributed by atoms with Crippen LogP contribution < -0.4 is 19.7 Å². The third kappa shape index (κ3) is 6.01. The lowest BCUT2D eigenvalue weighted by Gasteiger charge is -2.23. The van der Waals surface area contributed by atoms with E-state index in [1.165, 1.54) is 31.4 Å². The van der Waals surface area contributed by atoms with Crippen LogP contribution in [0.15, 0.2) is 48.5 Å². The highest BCUT2D eigenvalue weighted by atomic mass is 19.3. The average molecular weight is 592 g/mol. The smallest absolute Gasteiger partial charge is 0.387 e. The first kappa shape index (κ1) is 29.2. The SMILES string of the molecule is COc1cc(F)c([C@@H]2CN(c3nc(C4CCOCC4)ccc3F)C(=O)C2NC(=O)c2ccc(OC(F)F)cc2)c(F)c1. The number of methoxy groups -OCH3 is 1. The first-order chi connectivity index (χ1) is 20.2. The van der Waals surface area contributed by atoms with Crippen LogP contribution in [-0.4, -0.2) is 56.3 Å². The Morgan fingerprint density at radius 3 is 2.29 bits per heavy atom. The summed E-state index contributed by atoms with van der Waals surface area (Å²) < 4.78 is 85.2. The van der Waals surface area contributed by atoms with Gasteiger partial charge in [-0.2, -0.15) is 8.78 Å². The van der Waals surface area contributed by atoms with E-state index in [2.05, 4.69) is 15.0 Å². The topological polar surface area (TPSA) is 90.0 Å². The minimum absolute atomic E-state index is 0.0319. The maximum Gasteiger partial charge on any atom is 0.387 e. The Hall–Kier alpha value is -4.26. The van der Waals surface area contributed by atoms with E-state index in [-0.39, 0.29) is 28.8 Å². The molecule has 42 heavy (non-hydrogen) atoms. The molecule has 8 nitrogen and oxygen atoms in total. The molecule has 5 rings (SSSR count). The van der Waals surface area contributed by atoms with Crippen molar-refractivity contribution >= 4 is 17.6 Å². The van der Waals surface area contributed by atoms with Crippen LogP contribution in [0.25, 0.3) is 0 Å². The number of rotatable bonds is 8. The Kier molecular flexibility index (Phi) is 8.57. The summed E-state index contributed by atoms with van der Waals surface area (Å²) in [4.78, 5) is 32.2. The fourth-order valence-electron chi connectivity index (χ4n) is 5.24. The third-order valence-corrected chi connectivity index (χ3v) is 7.35. The fourth-order valence-corrected chi connectivity index (χ4v) is 5.24. The van der Waals surface area contributed by atoms with Gasteiger partial charge in [-0.3, -0.25) is 14.5 Å². The summed E-state index contributed by atoms with van der Waals surface area (Å²) >= 11 is 0. The zero-order valence-corrected chi connectivity index (χ0v) is 22.3. The minimum Gasteiger partial charge on any atom is -0.497 e. The van der Waals surface area contributed by atoms with Crippen molar-refractivity contribution in [1.82, 2.24) is 10.3 Å². The van der Waals surface area contributed by atoms with Gasteiger partial charge in [0.05, 0.1) is 7.11 Å². The molecule has 222 valence electrons. The van der Waals surface area contributed by atoms with Crippen molar-refractivity contribution in [2.75, 3.05) is 31.8 Å². The molecule has 2 atom stereocenters. The van der Waals surface area contributed by atoms with Gasteiger partial charge >= 0.3 is 6.61 Å². The van der Waals surface area contributed by atoms with Crippen LogP contribution in [0, 0.1) is 17.5 Å². The average Bonchev–Trinajstić information content (AvgIpc) is 3.28. The van der Waals surface area contributed by atoms with Crippen LogP contribution >= 0.6 is 0 Å². The molecule has 2 amide bonds. The number of benzene rings is 2. The van der Waals surface area contributed by atoms with Crippen LogP contribution in [0.4, 0.5) is 27.8 Å². The van der Waals surface area contributed by atoms with Gasteiger partial charge < -0.3 is 19.5 Å². The van der Waals surface area contributed by atoms with Crippen molar-refractivity contribution in [1.29, 1.82) is 0 Å². The van der Waals surface area contributed by atoms with Crippen molar-refractivity contribution in [3.8, 4) is 11.5 Å². The summed E-state index contributed by atoms with van der Waals surface area (Å²) in [6.07, 6.45) is 1.30. The van der Waals surface area contributed by atoms with Crippen LogP contribution in [0.2, 0.25) is 0 Å². The van der Waals surface area contributed by atoms with Gasteiger partial charge in [0.25, 0.3) is 11.8 Å². The van der Waals surface area contributed by atoms with Gasteiger partial charge in [0.1, 0.15) is 29.2 Å². The number of ether oxygens (including phenoxy) is 3. The van der Waals surface area contributed by atoms with Crippen molar-refractivity contribution in [3.05, 3.63) is 82.8 Å². The zero-order valence-electron chi connectivity index (χ0n) is 22.3. The summed E-state index contributed by atoms with van der Waals surface area (Å²) in [6.45, 7) is -2.46. The molecule has 1 aromatic heterocycles. The summed E-state index contributed by atoms with van der Waals surface area (Å²) in [5.74, 6) is -6.48. The molecule has 3 heterocycles. The fraction of sp³-hybridized carbons (Fsp3) is 0.345. The van der Waals surface area contributed by atoms with Gasteiger partial charge in [-0.15, -0.1) is 0 Å². The van der Waals surface area contributed by atoms with Crippen LogP contribution in [0.3, 0.4) is 0 Å². The van der Waals surface area contributed by atoms with Crippen molar-refractivity contribution in [3.63, 3.8) is 0 Å². The lowest BCUT2D eigenvalue weighted by molar-refractivity contribution is -0.118. The molecular weight excluding hydrogens is 565 g/mol. The first-order valence-corrected chi connectivity index (χ1v) is 13.1. The van der Waals surface area contributed by atoms with E-state index in [4.69, 9.17) is 9.47 Å². The second-order valence-electron chi connectivity index (χ2n) is 9.84. The lowest BCUT2D eigenvalue weighted by atomic mass is 9.92. The van der Waals surface area contributed by atoms with E-state index >= 15 is 13.2 Å². The Balaban J connectivity index is 1.49. The van der Waals surface area contributed by atoms with Gasteiger partial charge in [-0.25, -0.2) is 18.2 Å². The Bertz CT molecular complexity index is 1440. The van der Waals surface area contributed by atoms with Gasteiger partial charge in [-0.05, 0) is 49.2 Å². The molecule has 13 heteroatoms. The number of carbonyl (C=O) groups excluding carboxylic acids is 2. The first-order valence-electron chi connectivity index (χ1n) is 13.1. The van der Waals surface area contributed by atoms with E-state index in [0.29, 0.717) is 31.7 Å². The van der Waals surface area contributed by atoms with Crippen molar-refractivity contribution in [2.24, 2.45) is 0 Å². The Labute approximate surface area is 237 Å². The number of hydrogen-bond acceptors (Lipinski definition) is 6. The molecule has 1 unspecified atom stereocenters. The van der Waals surface area contributed by atoms with Gasteiger partial charge in [0, 0.05) is 60.5 Å². The minimum atomic E-state index is -3.07. The van der Waals surface area contributed by atoms with Crippen LogP contribution in [0.5, 0.6) is 11.5 Å². The number of nitrogens with zero attached hydrogens (tertiary/aromatic N) is 2. The number of alkyl halides is 2. The van der Waals surface area contributed by atoms with E-state index in [1.807, 2.05) is 0 Å². The molecular formula is C29H26F5N3O5. The molecule has 0 saturated carbocycles. The largest absolute Gasteiger partial charge is 0.497 e. The van der Waals surface area contributed by atoms with E-state index in [0.717, 1.165) is 29.2 Å². The van der Waals surface area contributed by atoms with Gasteiger partial charge in [-0.1, -0.05) is 0 Å². The third-order valence-electron chi connectivity index (χ3n) is 7.35. The van der Waals surface area contributed by atoms with Crippen LogP contribution in [-0.2, 0) is 9.53 Å². The Morgan fingerprint density at radius 1 is 1.00 bits per heavy atom. The molecule has 0 aliphatic carbocycles. The lowest BCUT2D eigenvalue weighted by Crippen LogP contribution is -2.44. The highest BCUT2D eigenvalue weighted by Gasteiger charge is 2.46. The molecule has 0 bridgehead atoms. The molecule has 3 aromatic rings. The molecule has 0 spiro atoms. The summed E-state index contributed by atoms with van der Waals surface area (Å²) in [5.41, 5.74) is 0.00110. The summed E-state index contributed by atoms with van der Waals surface area (Å²) in [5, 5.41) is 2.48. The number of hydrogen-bond donors (Lipinski definition) is 1. The van der Waals surface area contributed by atoms with Gasteiger partial charge in [0.15, 0.2) is 11.6 Å². The summed E-state index contributed by atoms with van der Waals surface area (Å²) in [6, 6.07) is 7.69. The number of aromatic nitrogens is 1. The standard InChI is InChI=1S/C29H26F5N3O5/c1-40-18-12-21(31)24(22(32)13-18)19-14-37(26-20(30)6-7-23(35-26)15-8-10-41-11-9-15)28(39)25(19)36-27(38)16-2-4-17(5-3-16)42-29(33)34/h2-7,12-13,15,19,25,29H,8-11,14H2,1H3,(H,36,38)/t19-,25?/m0/s1. The second kappa shape index (κ2) is 12.3. The Morgan fingerprint density at radius 2 is 1.67 bits per heavy atom. The monoisotopic (exact) mass is 591 g/mol. The van der Waals surface area contributed by atoms with Crippen molar-refractivity contribution in [2.45, 2.75) is 37.3 Å². The second-order valence-corrected chi connectivity index (χ2v) is 9.84. The zero-order chi connectivity index (χ0) is 30.0. The maximum atomic E-state index is 15.2. The molecule has 2 saturated heterocycles. The van der Waals surface area contributed by atoms with E-state index < -0.39 is 59.9 Å². The van der Waals surface area contributed by atoms with E-state index in [1.54, 1.807) is 0 Å². The number of halogens is 5. The number of carbonyl (C=O) groups is 2. The summed E-state index contributed by atoms with van der Waals surface area (Å²) in [7, 11) is 1.23. The molecule has 1 N–H and O–H groups in total.